The largest absolute Gasteiger partial charge is 0.379 e. The number of carbonyl (C=O) groups is 8. The van der Waals surface area contributed by atoms with E-state index in [0.717, 1.165) is 23.6 Å². The molecule has 1 aromatic rings. The van der Waals surface area contributed by atoms with Crippen molar-refractivity contribution >= 4 is 52.9 Å². The van der Waals surface area contributed by atoms with Crippen molar-refractivity contribution in [2.75, 3.05) is 111 Å². The zero-order chi connectivity index (χ0) is 46.9. The van der Waals surface area contributed by atoms with E-state index in [2.05, 4.69) is 26.2 Å². The molecule has 3 atom stereocenters. The fraction of sp³-hybridized carbons (Fsp3) is 0.636. The minimum atomic E-state index is -0.838. The van der Waals surface area contributed by atoms with Gasteiger partial charge >= 0.3 is 6.03 Å². The highest BCUT2D eigenvalue weighted by Gasteiger charge is 2.30. The van der Waals surface area contributed by atoms with Gasteiger partial charge in [-0.15, -0.1) is 0 Å². The molecular formula is C44H68N8O12. The number of ketones is 1. The number of primary amides is 1. The number of nitrogens with one attached hydrogen (secondary N) is 4. The summed E-state index contributed by atoms with van der Waals surface area (Å²) in [7, 11) is 2.03. The lowest BCUT2D eigenvalue weighted by Crippen LogP contribution is -2.48. The van der Waals surface area contributed by atoms with Gasteiger partial charge in [0.15, 0.2) is 5.78 Å². The Kier molecular flexibility index (Phi) is 24.2. The Labute approximate surface area is 375 Å². The maximum atomic E-state index is 13.6. The van der Waals surface area contributed by atoms with E-state index in [9.17, 15) is 38.4 Å². The first-order valence-corrected chi connectivity index (χ1v) is 22.0. The molecule has 0 aromatic heterocycles. The molecule has 1 aromatic carbocycles. The summed E-state index contributed by atoms with van der Waals surface area (Å²) >= 11 is 0. The lowest BCUT2D eigenvalue weighted by molar-refractivity contribution is -0.137. The smallest absolute Gasteiger partial charge is 0.312 e. The van der Waals surface area contributed by atoms with Gasteiger partial charge in [-0.2, -0.15) is 0 Å². The standard InChI is InChI=1S/C44H68N8O12/c1-31(2)41(49-38(55)14-22-61-24-26-63-28-29-64-27-25-62-23-16-46-37(54)13-17-52-39(56)11-12-40(52)57)36(53)30-34(6-5-15-47-44(45)60)42(58)48-35-9-7-33(8-10-35)32(3)43(59)51-20-18-50(4)19-21-51/h7-12,31-32,34,41H,5-6,13-30H2,1-4H3,(H,46,54)(H,48,58)(H,49,55)(H3,45,47,60)/t32?,34-,41+/m1/s1. The van der Waals surface area contributed by atoms with Crippen LogP contribution in [0.4, 0.5) is 10.5 Å². The van der Waals surface area contributed by atoms with Gasteiger partial charge in [0.2, 0.25) is 23.6 Å². The summed E-state index contributed by atoms with van der Waals surface area (Å²) < 4.78 is 21.9. The summed E-state index contributed by atoms with van der Waals surface area (Å²) in [6.07, 6.45) is 2.91. The van der Waals surface area contributed by atoms with Crippen LogP contribution in [0, 0.1) is 11.8 Å². The number of hydrogen-bond donors (Lipinski definition) is 5. The van der Waals surface area contributed by atoms with Crippen molar-refractivity contribution in [1.29, 1.82) is 0 Å². The number of rotatable bonds is 31. The molecule has 0 radical (unpaired) electrons. The van der Waals surface area contributed by atoms with Crippen molar-refractivity contribution in [3.05, 3.63) is 42.0 Å². The molecule has 0 saturated carbocycles. The number of nitrogens with two attached hydrogens (primary N) is 1. The summed E-state index contributed by atoms with van der Waals surface area (Å²) in [6, 6.07) is 5.57. The lowest BCUT2D eigenvalue weighted by atomic mass is 9.89. The molecule has 0 bridgehead atoms. The average Bonchev–Trinajstić information content (AvgIpc) is 3.59. The van der Waals surface area contributed by atoms with Gasteiger partial charge in [-0.1, -0.05) is 26.0 Å². The molecule has 64 heavy (non-hydrogen) atoms. The Bertz CT molecular complexity index is 1700. The van der Waals surface area contributed by atoms with E-state index in [-0.39, 0.29) is 113 Å². The second-order valence-corrected chi connectivity index (χ2v) is 16.0. The summed E-state index contributed by atoms with van der Waals surface area (Å²) in [5.41, 5.74) is 6.54. The van der Waals surface area contributed by atoms with Crippen molar-refractivity contribution < 1.29 is 57.3 Å². The Morgan fingerprint density at radius 1 is 0.719 bits per heavy atom. The number of ether oxygens (including phenoxy) is 4. The van der Waals surface area contributed by atoms with Crippen LogP contribution in [-0.4, -0.2) is 174 Å². The first-order valence-electron chi connectivity index (χ1n) is 22.0. The second kappa shape index (κ2) is 29.2. The fourth-order valence-corrected chi connectivity index (χ4v) is 6.81. The number of hydrogen-bond acceptors (Lipinski definition) is 13. The normalized spacial score (nSPS) is 15.5. The number of Topliss-reactive ketones (excluding diaryl/α,β-unsaturated/α-hetero) is 1. The van der Waals surface area contributed by atoms with Gasteiger partial charge in [-0.25, -0.2) is 4.79 Å². The van der Waals surface area contributed by atoms with Gasteiger partial charge in [-0.3, -0.25) is 38.5 Å². The van der Waals surface area contributed by atoms with E-state index in [0.29, 0.717) is 51.6 Å². The zero-order valence-electron chi connectivity index (χ0n) is 37.7. The van der Waals surface area contributed by atoms with Crippen LogP contribution < -0.4 is 27.0 Å². The highest BCUT2D eigenvalue weighted by molar-refractivity contribution is 6.13. The van der Waals surface area contributed by atoms with Crippen molar-refractivity contribution in [2.24, 2.45) is 17.6 Å². The van der Waals surface area contributed by atoms with Gasteiger partial charge in [-0.05, 0) is 50.4 Å². The summed E-state index contributed by atoms with van der Waals surface area (Å²) in [5, 5.41) is 10.9. The third-order valence-corrected chi connectivity index (χ3v) is 10.7. The molecule has 2 aliphatic heterocycles. The molecule has 6 N–H and O–H groups in total. The minimum Gasteiger partial charge on any atom is -0.379 e. The van der Waals surface area contributed by atoms with Crippen LogP contribution in [0.2, 0.25) is 0 Å². The number of urea groups is 1. The highest BCUT2D eigenvalue weighted by Crippen LogP contribution is 2.23. The van der Waals surface area contributed by atoms with Crippen molar-refractivity contribution in [2.45, 2.75) is 64.8 Å². The molecule has 8 amide bonds. The quantitative estimate of drug-likeness (QED) is 0.0505. The van der Waals surface area contributed by atoms with Gasteiger partial charge in [0.25, 0.3) is 11.8 Å². The first kappa shape index (κ1) is 53.1. The maximum Gasteiger partial charge on any atom is 0.312 e. The number of anilines is 1. The SMILES string of the molecule is CC(C(=O)N1CCN(C)CC1)c1ccc(NC(=O)[C@H](CCCNC(N)=O)CC(=O)[C@@H](NC(=O)CCOCCOCCOCCOCCNC(=O)CCN2C(=O)C=CC2=O)C(C)C)cc1. The van der Waals surface area contributed by atoms with Gasteiger partial charge in [0.05, 0.1) is 64.8 Å². The molecule has 1 fully saturated rings. The molecule has 1 saturated heterocycles. The number of carbonyl (C=O) groups excluding carboxylic acids is 8. The number of nitrogens with zero attached hydrogens (tertiary/aromatic N) is 3. The van der Waals surface area contributed by atoms with Crippen LogP contribution in [-0.2, 0) is 52.5 Å². The summed E-state index contributed by atoms with van der Waals surface area (Å²) in [5.74, 6) is -3.50. The van der Waals surface area contributed by atoms with Crippen molar-refractivity contribution in [3.63, 3.8) is 0 Å². The minimum absolute atomic E-state index is 0.0134. The Balaban J connectivity index is 1.30. The van der Waals surface area contributed by atoms with E-state index in [1.165, 1.54) is 12.2 Å². The van der Waals surface area contributed by atoms with Crippen LogP contribution >= 0.6 is 0 Å². The van der Waals surface area contributed by atoms with Crippen LogP contribution in [0.5, 0.6) is 0 Å². The van der Waals surface area contributed by atoms with Gasteiger partial charge in [0.1, 0.15) is 0 Å². The Morgan fingerprint density at radius 2 is 1.30 bits per heavy atom. The van der Waals surface area contributed by atoms with E-state index in [1.54, 1.807) is 12.1 Å². The van der Waals surface area contributed by atoms with Gasteiger partial charge < -0.3 is 55.7 Å². The van der Waals surface area contributed by atoms with Crippen molar-refractivity contribution in [1.82, 2.24) is 30.7 Å². The van der Waals surface area contributed by atoms with Gasteiger partial charge in [0, 0.05) is 88.8 Å². The lowest BCUT2D eigenvalue weighted by Gasteiger charge is -2.34. The third kappa shape index (κ3) is 20.0. The summed E-state index contributed by atoms with van der Waals surface area (Å²) in [4.78, 5) is 104. The number of likely N-dealkylation sites (N-methyl/N-ethyl adjacent to an activating group) is 1. The van der Waals surface area contributed by atoms with Crippen molar-refractivity contribution in [3.8, 4) is 0 Å². The molecule has 2 aliphatic rings. The molecule has 2 heterocycles. The number of amides is 8. The molecule has 3 rings (SSSR count). The third-order valence-electron chi connectivity index (χ3n) is 10.7. The predicted molar refractivity (Wildman–Crippen MR) is 236 cm³/mol. The molecule has 0 spiro atoms. The monoisotopic (exact) mass is 900 g/mol. The first-order chi connectivity index (χ1) is 30.7. The average molecular weight is 901 g/mol. The number of benzene rings is 1. The Hall–Kier alpha value is -5.28. The van der Waals surface area contributed by atoms with E-state index in [1.807, 2.05) is 44.9 Å². The van der Waals surface area contributed by atoms with E-state index >= 15 is 0 Å². The number of imide groups is 1. The second-order valence-electron chi connectivity index (χ2n) is 16.0. The van der Waals surface area contributed by atoms with Crippen LogP contribution in [0.3, 0.4) is 0 Å². The van der Waals surface area contributed by atoms with Crippen LogP contribution in [0.1, 0.15) is 64.4 Å². The molecule has 1 unspecified atom stereocenters. The van der Waals surface area contributed by atoms with E-state index in [4.69, 9.17) is 24.7 Å². The number of piperazine rings is 1. The Morgan fingerprint density at radius 3 is 1.88 bits per heavy atom. The molecule has 0 aliphatic carbocycles. The zero-order valence-corrected chi connectivity index (χ0v) is 37.7. The van der Waals surface area contributed by atoms with Crippen LogP contribution in [0.15, 0.2) is 36.4 Å². The molecule has 356 valence electrons. The topological polar surface area (TPSA) is 257 Å². The predicted octanol–water partition coefficient (Wildman–Crippen LogP) is 0.555. The molecular weight excluding hydrogens is 833 g/mol. The highest BCUT2D eigenvalue weighted by atomic mass is 16.6. The van der Waals surface area contributed by atoms with E-state index < -0.39 is 29.8 Å². The summed E-state index contributed by atoms with van der Waals surface area (Å²) in [6.45, 7) is 11.2. The maximum absolute atomic E-state index is 13.6. The molecule has 20 heteroatoms. The van der Waals surface area contributed by atoms with Crippen LogP contribution in [0.25, 0.3) is 0 Å². The molecule has 20 nitrogen and oxygen atoms in total. The fourth-order valence-electron chi connectivity index (χ4n) is 6.81.